The Kier molecular flexibility index (Phi) is 4.69. The molecule has 0 aliphatic carbocycles. The molecule has 98 valence electrons. The SMILES string of the molecule is CC(C)C(=O)CCN1C(=O)C(C(C)C)CC1O. The van der Waals surface area contributed by atoms with Crippen LogP contribution in [0, 0.1) is 17.8 Å². The molecule has 1 fully saturated rings. The number of ketones is 1. The van der Waals surface area contributed by atoms with E-state index in [1.54, 1.807) is 0 Å². The van der Waals surface area contributed by atoms with Crippen molar-refractivity contribution in [3.05, 3.63) is 0 Å². The second kappa shape index (κ2) is 5.63. The van der Waals surface area contributed by atoms with Gasteiger partial charge in [0.15, 0.2) is 0 Å². The average Bonchev–Trinajstić information content (AvgIpc) is 2.51. The monoisotopic (exact) mass is 241 g/mol. The van der Waals surface area contributed by atoms with Gasteiger partial charge < -0.3 is 10.0 Å². The minimum atomic E-state index is -0.713. The van der Waals surface area contributed by atoms with Crippen LogP contribution in [0.25, 0.3) is 0 Å². The topological polar surface area (TPSA) is 57.6 Å². The van der Waals surface area contributed by atoms with E-state index in [9.17, 15) is 14.7 Å². The van der Waals surface area contributed by atoms with Gasteiger partial charge in [-0.25, -0.2) is 0 Å². The molecular formula is C13H23NO3. The molecule has 4 heteroatoms. The molecule has 1 saturated heterocycles. The lowest BCUT2D eigenvalue weighted by atomic mass is 9.94. The maximum absolute atomic E-state index is 12.0. The number of carbonyl (C=O) groups is 2. The Morgan fingerprint density at radius 1 is 1.41 bits per heavy atom. The molecule has 1 amide bonds. The normalized spacial score (nSPS) is 25.1. The summed E-state index contributed by atoms with van der Waals surface area (Å²) in [4.78, 5) is 25.0. The van der Waals surface area contributed by atoms with Gasteiger partial charge >= 0.3 is 0 Å². The number of carbonyl (C=O) groups excluding carboxylic acids is 2. The molecule has 0 aromatic heterocycles. The Morgan fingerprint density at radius 2 is 2.00 bits per heavy atom. The van der Waals surface area contributed by atoms with Gasteiger partial charge in [0.25, 0.3) is 0 Å². The van der Waals surface area contributed by atoms with Crippen molar-refractivity contribution < 1.29 is 14.7 Å². The zero-order valence-electron chi connectivity index (χ0n) is 11.1. The van der Waals surface area contributed by atoms with E-state index in [1.165, 1.54) is 4.90 Å². The first kappa shape index (κ1) is 14.2. The molecule has 0 radical (unpaired) electrons. The van der Waals surface area contributed by atoms with E-state index < -0.39 is 6.23 Å². The smallest absolute Gasteiger partial charge is 0.228 e. The summed E-state index contributed by atoms with van der Waals surface area (Å²) in [6.45, 7) is 8.01. The molecule has 4 nitrogen and oxygen atoms in total. The van der Waals surface area contributed by atoms with Crippen LogP contribution < -0.4 is 0 Å². The Bertz CT molecular complexity index is 299. The van der Waals surface area contributed by atoms with Gasteiger partial charge in [-0.05, 0) is 5.92 Å². The molecule has 1 rings (SSSR count). The van der Waals surface area contributed by atoms with Gasteiger partial charge in [-0.1, -0.05) is 27.7 Å². The van der Waals surface area contributed by atoms with Crippen molar-refractivity contribution in [1.82, 2.24) is 4.90 Å². The maximum atomic E-state index is 12.0. The third-order valence-electron chi connectivity index (χ3n) is 3.47. The quantitative estimate of drug-likeness (QED) is 0.792. The summed E-state index contributed by atoms with van der Waals surface area (Å²) in [7, 11) is 0. The van der Waals surface area contributed by atoms with Gasteiger partial charge in [0.05, 0.1) is 0 Å². The minimum Gasteiger partial charge on any atom is -0.373 e. The zero-order chi connectivity index (χ0) is 13.2. The molecule has 1 heterocycles. The molecular weight excluding hydrogens is 218 g/mol. The highest BCUT2D eigenvalue weighted by Crippen LogP contribution is 2.29. The van der Waals surface area contributed by atoms with E-state index in [4.69, 9.17) is 0 Å². The predicted molar refractivity (Wildman–Crippen MR) is 65.1 cm³/mol. The van der Waals surface area contributed by atoms with E-state index in [0.717, 1.165) is 0 Å². The van der Waals surface area contributed by atoms with Crippen molar-refractivity contribution >= 4 is 11.7 Å². The van der Waals surface area contributed by atoms with Crippen molar-refractivity contribution in [3.63, 3.8) is 0 Å². The van der Waals surface area contributed by atoms with Gasteiger partial charge in [-0.15, -0.1) is 0 Å². The lowest BCUT2D eigenvalue weighted by Crippen LogP contribution is -2.36. The number of hydrogen-bond acceptors (Lipinski definition) is 3. The first-order chi connectivity index (χ1) is 7.84. The van der Waals surface area contributed by atoms with Gasteiger partial charge in [0, 0.05) is 31.2 Å². The summed E-state index contributed by atoms with van der Waals surface area (Å²) in [6.07, 6.45) is 0.118. The summed E-state index contributed by atoms with van der Waals surface area (Å²) < 4.78 is 0. The van der Waals surface area contributed by atoms with Crippen molar-refractivity contribution in [2.24, 2.45) is 17.8 Å². The van der Waals surface area contributed by atoms with Crippen LogP contribution >= 0.6 is 0 Å². The largest absolute Gasteiger partial charge is 0.373 e. The molecule has 17 heavy (non-hydrogen) atoms. The first-order valence-corrected chi connectivity index (χ1v) is 6.35. The molecule has 0 saturated carbocycles. The predicted octanol–water partition coefficient (Wildman–Crippen LogP) is 1.42. The van der Waals surface area contributed by atoms with Crippen molar-refractivity contribution in [2.45, 2.75) is 46.8 Å². The lowest BCUT2D eigenvalue weighted by Gasteiger charge is -2.21. The van der Waals surface area contributed by atoms with Crippen LogP contribution in [0.2, 0.25) is 0 Å². The van der Waals surface area contributed by atoms with Crippen LogP contribution in [0.4, 0.5) is 0 Å². The number of likely N-dealkylation sites (tertiary alicyclic amines) is 1. The highest BCUT2D eigenvalue weighted by molar-refractivity contribution is 5.83. The summed E-state index contributed by atoms with van der Waals surface area (Å²) in [5, 5.41) is 9.82. The Balaban J connectivity index is 2.54. The zero-order valence-corrected chi connectivity index (χ0v) is 11.1. The number of hydrogen-bond donors (Lipinski definition) is 1. The third kappa shape index (κ3) is 3.28. The standard InChI is InChI=1S/C13H23NO3/c1-8(2)10-7-12(16)14(13(10)17)6-5-11(15)9(3)4/h8-10,12,16H,5-7H2,1-4H3. The number of aliphatic hydroxyl groups is 1. The Hall–Kier alpha value is -0.900. The van der Waals surface area contributed by atoms with Crippen LogP contribution in [-0.4, -0.2) is 34.5 Å². The average molecular weight is 241 g/mol. The van der Waals surface area contributed by atoms with Crippen LogP contribution in [0.5, 0.6) is 0 Å². The Morgan fingerprint density at radius 3 is 2.41 bits per heavy atom. The fraction of sp³-hybridized carbons (Fsp3) is 0.846. The maximum Gasteiger partial charge on any atom is 0.228 e. The van der Waals surface area contributed by atoms with E-state index in [2.05, 4.69) is 0 Å². The van der Waals surface area contributed by atoms with E-state index in [0.29, 0.717) is 19.4 Å². The molecule has 1 aliphatic rings. The number of nitrogens with zero attached hydrogens (tertiary/aromatic N) is 1. The van der Waals surface area contributed by atoms with E-state index in [-0.39, 0.29) is 29.4 Å². The van der Waals surface area contributed by atoms with Crippen molar-refractivity contribution in [3.8, 4) is 0 Å². The minimum absolute atomic E-state index is 0.00857. The van der Waals surface area contributed by atoms with Crippen LogP contribution in [0.15, 0.2) is 0 Å². The van der Waals surface area contributed by atoms with E-state index >= 15 is 0 Å². The summed E-state index contributed by atoms with van der Waals surface area (Å²) >= 11 is 0. The highest BCUT2D eigenvalue weighted by Gasteiger charge is 2.39. The second-order valence-corrected chi connectivity index (χ2v) is 5.47. The third-order valence-corrected chi connectivity index (χ3v) is 3.47. The van der Waals surface area contributed by atoms with Crippen LogP contribution in [-0.2, 0) is 9.59 Å². The summed E-state index contributed by atoms with van der Waals surface area (Å²) in [6, 6.07) is 0. The lowest BCUT2D eigenvalue weighted by molar-refractivity contribution is -0.137. The molecule has 1 N–H and O–H groups in total. The molecule has 0 bridgehead atoms. The molecule has 2 atom stereocenters. The summed E-state index contributed by atoms with van der Waals surface area (Å²) in [5.41, 5.74) is 0. The van der Waals surface area contributed by atoms with Crippen molar-refractivity contribution in [1.29, 1.82) is 0 Å². The molecule has 0 aromatic carbocycles. The van der Waals surface area contributed by atoms with Gasteiger partial charge in [0.1, 0.15) is 12.0 Å². The number of amides is 1. The first-order valence-electron chi connectivity index (χ1n) is 6.35. The van der Waals surface area contributed by atoms with Gasteiger partial charge in [-0.3, -0.25) is 9.59 Å². The van der Waals surface area contributed by atoms with E-state index in [1.807, 2.05) is 27.7 Å². The molecule has 1 aliphatic heterocycles. The fourth-order valence-electron chi connectivity index (χ4n) is 2.15. The number of aliphatic hydroxyl groups excluding tert-OH is 1. The molecule has 2 unspecified atom stereocenters. The number of Topliss-reactive ketones (excluding diaryl/α,β-unsaturated/α-hetero) is 1. The van der Waals surface area contributed by atoms with Crippen LogP contribution in [0.3, 0.4) is 0 Å². The highest BCUT2D eigenvalue weighted by atomic mass is 16.3. The summed E-state index contributed by atoms with van der Waals surface area (Å²) in [5.74, 6) is 0.259. The molecule has 0 spiro atoms. The van der Waals surface area contributed by atoms with Crippen molar-refractivity contribution in [2.75, 3.05) is 6.54 Å². The van der Waals surface area contributed by atoms with Gasteiger partial charge in [0.2, 0.25) is 5.91 Å². The fourth-order valence-corrected chi connectivity index (χ4v) is 2.15. The van der Waals surface area contributed by atoms with Crippen LogP contribution in [0.1, 0.15) is 40.5 Å². The molecule has 0 aromatic rings. The number of rotatable bonds is 5. The van der Waals surface area contributed by atoms with Gasteiger partial charge in [-0.2, -0.15) is 0 Å². The Labute approximate surface area is 103 Å². The second-order valence-electron chi connectivity index (χ2n) is 5.47.